The highest BCUT2D eigenvalue weighted by Gasteiger charge is 2.20. The third kappa shape index (κ3) is 3.32. The Labute approximate surface area is 162 Å². The lowest BCUT2D eigenvalue weighted by Crippen LogP contribution is -2.26. The van der Waals surface area contributed by atoms with E-state index in [9.17, 15) is 4.39 Å². The van der Waals surface area contributed by atoms with Crippen molar-refractivity contribution in [2.45, 2.75) is 12.5 Å². The Morgan fingerprint density at radius 3 is 2.75 bits per heavy atom. The lowest BCUT2D eigenvalue weighted by Gasteiger charge is -2.18. The monoisotopic (exact) mass is 376 g/mol. The van der Waals surface area contributed by atoms with Crippen LogP contribution in [0.4, 0.5) is 10.1 Å². The van der Waals surface area contributed by atoms with Crippen molar-refractivity contribution in [1.82, 2.24) is 9.97 Å². The summed E-state index contributed by atoms with van der Waals surface area (Å²) in [5.41, 5.74) is 15.9. The van der Waals surface area contributed by atoms with Crippen LogP contribution >= 0.6 is 0 Å². The number of nitrogens with two attached hydrogens (primary N) is 2. The van der Waals surface area contributed by atoms with Gasteiger partial charge in [-0.3, -0.25) is 4.98 Å². The Morgan fingerprint density at radius 1 is 1.21 bits per heavy atom. The molecular weight excluding hydrogens is 355 g/mol. The minimum atomic E-state index is -0.436. The molecule has 4 rings (SSSR count). The standard InChI is InChI=1S/C21H21FN6/c22-17-4-2-1-3-15(17)21(25)16(10-23)18-5-6-19-20(27-18)9-14(11-26-19)28-8-7-13(24)12-28/h1-6,9-11,13,23H,7-8,12,24-25H2/b21-16+,23-10?. The summed E-state index contributed by atoms with van der Waals surface area (Å²) in [7, 11) is 0. The second-order valence-corrected chi connectivity index (χ2v) is 6.87. The first-order valence-electron chi connectivity index (χ1n) is 9.09. The summed E-state index contributed by atoms with van der Waals surface area (Å²) in [5.74, 6) is -0.436. The minimum Gasteiger partial charge on any atom is -0.398 e. The zero-order valence-corrected chi connectivity index (χ0v) is 15.3. The first-order valence-corrected chi connectivity index (χ1v) is 9.09. The molecule has 3 aromatic rings. The molecule has 0 saturated carbocycles. The molecule has 142 valence electrons. The number of allylic oxidation sites excluding steroid dienone is 1. The van der Waals surface area contributed by atoms with Crippen LogP contribution in [0.1, 0.15) is 17.7 Å². The predicted molar refractivity (Wildman–Crippen MR) is 111 cm³/mol. The van der Waals surface area contributed by atoms with Crippen molar-refractivity contribution < 1.29 is 4.39 Å². The second-order valence-electron chi connectivity index (χ2n) is 6.87. The van der Waals surface area contributed by atoms with Crippen LogP contribution in [0.15, 0.2) is 48.7 Å². The molecule has 1 aliphatic heterocycles. The van der Waals surface area contributed by atoms with E-state index >= 15 is 0 Å². The maximum Gasteiger partial charge on any atom is 0.132 e. The summed E-state index contributed by atoms with van der Waals surface area (Å²) >= 11 is 0. The van der Waals surface area contributed by atoms with Gasteiger partial charge in [0.1, 0.15) is 5.82 Å². The second kappa shape index (κ2) is 7.36. The molecule has 6 nitrogen and oxygen atoms in total. The van der Waals surface area contributed by atoms with Gasteiger partial charge in [-0.15, -0.1) is 0 Å². The van der Waals surface area contributed by atoms with Crippen LogP contribution in [-0.2, 0) is 0 Å². The molecule has 28 heavy (non-hydrogen) atoms. The Hall–Kier alpha value is -3.32. The van der Waals surface area contributed by atoms with E-state index in [4.69, 9.17) is 16.9 Å². The molecule has 7 heteroatoms. The van der Waals surface area contributed by atoms with Gasteiger partial charge in [0, 0.05) is 36.5 Å². The van der Waals surface area contributed by atoms with Crippen molar-refractivity contribution in [3.8, 4) is 0 Å². The highest BCUT2D eigenvalue weighted by Crippen LogP contribution is 2.26. The van der Waals surface area contributed by atoms with Crippen LogP contribution < -0.4 is 16.4 Å². The lowest BCUT2D eigenvalue weighted by atomic mass is 10.0. The zero-order chi connectivity index (χ0) is 19.7. The quantitative estimate of drug-likeness (QED) is 0.607. The average Bonchev–Trinajstić information content (AvgIpc) is 3.14. The van der Waals surface area contributed by atoms with Crippen LogP contribution in [0.3, 0.4) is 0 Å². The summed E-state index contributed by atoms with van der Waals surface area (Å²) in [6.45, 7) is 1.68. The number of nitrogens with one attached hydrogen (secondary N) is 1. The topological polar surface area (TPSA) is 105 Å². The summed E-state index contributed by atoms with van der Waals surface area (Å²) in [6, 6.07) is 11.9. The molecule has 0 spiro atoms. The maximum atomic E-state index is 14.1. The number of rotatable bonds is 4. The number of halogens is 1. The van der Waals surface area contributed by atoms with E-state index in [2.05, 4.69) is 14.9 Å². The van der Waals surface area contributed by atoms with Gasteiger partial charge < -0.3 is 21.8 Å². The number of hydrogen-bond donors (Lipinski definition) is 3. The van der Waals surface area contributed by atoms with Crippen molar-refractivity contribution >= 4 is 34.2 Å². The molecule has 0 amide bonds. The summed E-state index contributed by atoms with van der Waals surface area (Å²) in [5, 5.41) is 7.79. The van der Waals surface area contributed by atoms with Gasteiger partial charge in [-0.25, -0.2) is 9.37 Å². The van der Waals surface area contributed by atoms with E-state index in [0.29, 0.717) is 16.8 Å². The Morgan fingerprint density at radius 2 is 2.04 bits per heavy atom. The predicted octanol–water partition coefficient (Wildman–Crippen LogP) is 2.78. The van der Waals surface area contributed by atoms with Crippen molar-refractivity contribution in [3.63, 3.8) is 0 Å². The number of aromatic nitrogens is 2. The highest BCUT2D eigenvalue weighted by atomic mass is 19.1. The fourth-order valence-electron chi connectivity index (χ4n) is 3.46. The van der Waals surface area contributed by atoms with E-state index in [-0.39, 0.29) is 17.3 Å². The van der Waals surface area contributed by atoms with Gasteiger partial charge in [0.05, 0.1) is 34.3 Å². The van der Waals surface area contributed by atoms with Crippen LogP contribution in [0.2, 0.25) is 0 Å². The van der Waals surface area contributed by atoms with E-state index in [1.165, 1.54) is 6.07 Å². The van der Waals surface area contributed by atoms with Gasteiger partial charge in [0.2, 0.25) is 0 Å². The van der Waals surface area contributed by atoms with Crippen molar-refractivity contribution in [2.75, 3.05) is 18.0 Å². The molecule has 1 atom stereocenters. The van der Waals surface area contributed by atoms with Gasteiger partial charge >= 0.3 is 0 Å². The van der Waals surface area contributed by atoms with Crippen molar-refractivity contribution in [1.29, 1.82) is 5.41 Å². The van der Waals surface area contributed by atoms with Gasteiger partial charge in [-0.1, -0.05) is 12.1 Å². The van der Waals surface area contributed by atoms with Crippen LogP contribution in [0.5, 0.6) is 0 Å². The number of fused-ring (bicyclic) bond motifs is 1. The Bertz CT molecular complexity index is 1080. The Balaban J connectivity index is 1.78. The number of pyridine rings is 2. The van der Waals surface area contributed by atoms with E-state index in [1.807, 2.05) is 18.3 Å². The van der Waals surface area contributed by atoms with E-state index in [1.54, 1.807) is 24.3 Å². The summed E-state index contributed by atoms with van der Waals surface area (Å²) in [4.78, 5) is 11.3. The van der Waals surface area contributed by atoms with Crippen LogP contribution in [-0.4, -0.2) is 35.3 Å². The first-order chi connectivity index (χ1) is 13.6. The van der Waals surface area contributed by atoms with Gasteiger partial charge in [-0.2, -0.15) is 0 Å². The van der Waals surface area contributed by atoms with E-state index in [0.717, 1.165) is 36.9 Å². The highest BCUT2D eigenvalue weighted by molar-refractivity contribution is 6.17. The molecule has 1 unspecified atom stereocenters. The molecule has 1 fully saturated rings. The molecule has 0 bridgehead atoms. The minimum absolute atomic E-state index is 0.169. The van der Waals surface area contributed by atoms with E-state index < -0.39 is 5.82 Å². The SMILES string of the molecule is N=C/C(=C(\N)c1ccccc1F)c1ccc2ncc(N3CCC(N)C3)cc2n1. The Kier molecular flexibility index (Phi) is 4.75. The summed E-state index contributed by atoms with van der Waals surface area (Å²) in [6.07, 6.45) is 3.88. The maximum absolute atomic E-state index is 14.1. The molecule has 1 aliphatic rings. The largest absolute Gasteiger partial charge is 0.398 e. The molecule has 3 heterocycles. The lowest BCUT2D eigenvalue weighted by molar-refractivity contribution is 0.624. The van der Waals surface area contributed by atoms with Crippen molar-refractivity contribution in [3.05, 3.63) is 65.7 Å². The number of anilines is 1. The average molecular weight is 376 g/mol. The van der Waals surface area contributed by atoms with Crippen molar-refractivity contribution in [2.24, 2.45) is 11.5 Å². The third-order valence-electron chi connectivity index (χ3n) is 4.99. The van der Waals surface area contributed by atoms with Gasteiger partial charge in [0.25, 0.3) is 0 Å². The zero-order valence-electron chi connectivity index (χ0n) is 15.3. The fourth-order valence-corrected chi connectivity index (χ4v) is 3.46. The van der Waals surface area contributed by atoms with Gasteiger partial charge in [-0.05, 0) is 36.8 Å². The molecule has 2 aromatic heterocycles. The molecule has 0 aliphatic carbocycles. The summed E-state index contributed by atoms with van der Waals surface area (Å²) < 4.78 is 14.1. The number of hydrogen-bond acceptors (Lipinski definition) is 6. The van der Waals surface area contributed by atoms with Gasteiger partial charge in [0.15, 0.2) is 0 Å². The normalized spacial score (nSPS) is 17.6. The van der Waals surface area contributed by atoms with Crippen LogP contribution in [0.25, 0.3) is 22.3 Å². The third-order valence-corrected chi connectivity index (χ3v) is 4.99. The molecule has 5 N–H and O–H groups in total. The fraction of sp³-hybridized carbons (Fsp3) is 0.190. The first kappa shape index (κ1) is 18.1. The molecule has 1 saturated heterocycles. The molecule has 1 aromatic carbocycles. The van der Waals surface area contributed by atoms with Crippen LogP contribution in [0, 0.1) is 11.2 Å². The number of nitrogens with zero attached hydrogens (tertiary/aromatic N) is 3. The number of benzene rings is 1. The molecular formula is C21H21FN6. The molecule has 0 radical (unpaired) electrons. The smallest absolute Gasteiger partial charge is 0.132 e.